The Balaban J connectivity index is 2.44. The fourth-order valence-electron chi connectivity index (χ4n) is 1.62. The quantitative estimate of drug-likeness (QED) is 0.606. The van der Waals surface area contributed by atoms with Crippen molar-refractivity contribution in [1.29, 1.82) is 0 Å². The molecular weight excluding hydrogens is 353 g/mol. The molecule has 11 heteroatoms. The van der Waals surface area contributed by atoms with Crippen molar-refractivity contribution in [1.82, 2.24) is 0 Å². The first kappa shape index (κ1) is 16.8. The number of carbonyl (C=O) groups excluding carboxylic acids is 1. The van der Waals surface area contributed by atoms with E-state index in [0.29, 0.717) is 13.0 Å². The SMILES string of the molecule is O=C(OC1CCO1)c1cccc(OC(F)(F)F)c1S(=O)(=O)Cl. The maximum Gasteiger partial charge on any atom is 0.573 e. The number of halogens is 4. The van der Waals surface area contributed by atoms with Gasteiger partial charge in [0.1, 0.15) is 10.6 Å². The van der Waals surface area contributed by atoms with E-state index in [1.54, 1.807) is 0 Å². The van der Waals surface area contributed by atoms with Crippen LogP contribution in [0.5, 0.6) is 5.75 Å². The van der Waals surface area contributed by atoms with Crippen LogP contribution in [0.15, 0.2) is 23.1 Å². The van der Waals surface area contributed by atoms with Crippen LogP contribution in [0.3, 0.4) is 0 Å². The highest BCUT2D eigenvalue weighted by atomic mass is 35.7. The normalized spacial score (nSPS) is 18.5. The van der Waals surface area contributed by atoms with Crippen LogP contribution < -0.4 is 4.74 Å². The summed E-state index contributed by atoms with van der Waals surface area (Å²) < 4.78 is 73.2. The molecule has 0 spiro atoms. The first-order valence-electron chi connectivity index (χ1n) is 5.74. The van der Waals surface area contributed by atoms with E-state index < -0.39 is 43.9 Å². The summed E-state index contributed by atoms with van der Waals surface area (Å²) in [4.78, 5) is 10.8. The Kier molecular flexibility index (Phi) is 4.54. The van der Waals surface area contributed by atoms with Crippen LogP contribution in [0.2, 0.25) is 0 Å². The summed E-state index contributed by atoms with van der Waals surface area (Å²) in [5.74, 6) is -2.30. The molecule has 1 aliphatic heterocycles. The van der Waals surface area contributed by atoms with Crippen molar-refractivity contribution in [2.75, 3.05) is 6.61 Å². The third-order valence-electron chi connectivity index (χ3n) is 2.56. The number of alkyl halides is 3. The smallest absolute Gasteiger partial charge is 0.432 e. The summed E-state index contributed by atoms with van der Waals surface area (Å²) in [6, 6.07) is 2.68. The number of ether oxygens (including phenoxy) is 3. The predicted octanol–water partition coefficient (Wildman–Crippen LogP) is 2.42. The minimum Gasteiger partial charge on any atom is -0.432 e. The van der Waals surface area contributed by atoms with Gasteiger partial charge in [-0.1, -0.05) is 6.07 Å². The van der Waals surface area contributed by atoms with Crippen molar-refractivity contribution >= 4 is 25.7 Å². The lowest BCUT2D eigenvalue weighted by Crippen LogP contribution is -2.32. The van der Waals surface area contributed by atoms with Crippen LogP contribution in [0.25, 0.3) is 0 Å². The second kappa shape index (κ2) is 5.94. The summed E-state index contributed by atoms with van der Waals surface area (Å²) in [6.07, 6.45) is -5.63. The molecule has 1 unspecified atom stereocenters. The Morgan fingerprint density at radius 2 is 2.00 bits per heavy atom. The molecule has 1 saturated heterocycles. The van der Waals surface area contributed by atoms with Crippen molar-refractivity contribution in [3.8, 4) is 5.75 Å². The van der Waals surface area contributed by atoms with Crippen molar-refractivity contribution in [2.24, 2.45) is 0 Å². The number of hydrogen-bond acceptors (Lipinski definition) is 6. The van der Waals surface area contributed by atoms with E-state index in [0.717, 1.165) is 18.2 Å². The molecule has 6 nitrogen and oxygen atoms in total. The molecule has 1 aromatic carbocycles. The average Bonchev–Trinajstić information content (AvgIpc) is 2.29. The number of rotatable bonds is 4. The number of esters is 1. The van der Waals surface area contributed by atoms with Crippen molar-refractivity contribution in [2.45, 2.75) is 24.0 Å². The van der Waals surface area contributed by atoms with Crippen LogP contribution in [0.4, 0.5) is 13.2 Å². The van der Waals surface area contributed by atoms with Crippen LogP contribution in [-0.2, 0) is 18.5 Å². The molecule has 0 bridgehead atoms. The Morgan fingerprint density at radius 1 is 1.36 bits per heavy atom. The minimum atomic E-state index is -5.16. The summed E-state index contributed by atoms with van der Waals surface area (Å²) in [5, 5.41) is 0. The predicted molar refractivity (Wildman–Crippen MR) is 65.9 cm³/mol. The monoisotopic (exact) mass is 360 g/mol. The van der Waals surface area contributed by atoms with Gasteiger partial charge in [0, 0.05) is 17.1 Å². The molecule has 0 aliphatic carbocycles. The molecule has 1 heterocycles. The molecule has 1 aliphatic rings. The molecule has 0 aromatic heterocycles. The summed E-state index contributed by atoms with van der Waals surface area (Å²) >= 11 is 0. The molecule has 122 valence electrons. The second-order valence-electron chi connectivity index (χ2n) is 4.11. The standard InChI is InChI=1S/C11H8ClF3O6S/c12-22(17,18)9-6(10(16)20-8-4-5-19-8)2-1-3-7(9)21-11(13,14)15/h1-3,8H,4-5H2. The van der Waals surface area contributed by atoms with Crippen LogP contribution in [-0.4, -0.2) is 33.6 Å². The van der Waals surface area contributed by atoms with Gasteiger partial charge in [0.25, 0.3) is 9.05 Å². The Morgan fingerprint density at radius 3 is 2.45 bits per heavy atom. The third kappa shape index (κ3) is 4.02. The van der Waals surface area contributed by atoms with Gasteiger partial charge in [0.15, 0.2) is 0 Å². The lowest BCUT2D eigenvalue weighted by Gasteiger charge is -2.26. The van der Waals surface area contributed by atoms with Gasteiger partial charge in [0.2, 0.25) is 6.29 Å². The molecule has 1 aromatic rings. The maximum atomic E-state index is 12.3. The van der Waals surface area contributed by atoms with Crippen molar-refractivity contribution in [3.63, 3.8) is 0 Å². The third-order valence-corrected chi connectivity index (χ3v) is 3.94. The van der Waals surface area contributed by atoms with E-state index in [1.165, 1.54) is 0 Å². The molecular formula is C11H8ClF3O6S. The zero-order valence-electron chi connectivity index (χ0n) is 10.6. The average molecular weight is 361 g/mol. The van der Waals surface area contributed by atoms with Crippen molar-refractivity contribution in [3.05, 3.63) is 23.8 Å². The molecule has 1 atom stereocenters. The largest absolute Gasteiger partial charge is 0.573 e. The highest BCUT2D eigenvalue weighted by Crippen LogP contribution is 2.35. The van der Waals surface area contributed by atoms with Gasteiger partial charge in [-0.25, -0.2) is 13.2 Å². The summed E-state index contributed by atoms with van der Waals surface area (Å²) in [7, 11) is 0.412. The second-order valence-corrected chi connectivity index (χ2v) is 6.62. The van der Waals surface area contributed by atoms with Gasteiger partial charge < -0.3 is 14.2 Å². The molecule has 0 amide bonds. The van der Waals surface area contributed by atoms with Gasteiger partial charge >= 0.3 is 12.3 Å². The highest BCUT2D eigenvalue weighted by molar-refractivity contribution is 8.13. The lowest BCUT2D eigenvalue weighted by molar-refractivity contribution is -0.275. The Bertz CT molecular complexity index is 684. The van der Waals surface area contributed by atoms with E-state index in [1.807, 2.05) is 0 Å². The first-order valence-corrected chi connectivity index (χ1v) is 8.05. The molecule has 0 saturated carbocycles. The zero-order valence-corrected chi connectivity index (χ0v) is 12.2. The summed E-state index contributed by atoms with van der Waals surface area (Å²) in [5.41, 5.74) is -0.674. The molecule has 0 radical (unpaired) electrons. The van der Waals surface area contributed by atoms with Gasteiger partial charge in [-0.3, -0.25) is 0 Å². The lowest BCUT2D eigenvalue weighted by atomic mass is 10.2. The van der Waals surface area contributed by atoms with E-state index in [2.05, 4.69) is 4.74 Å². The minimum absolute atomic E-state index is 0.357. The number of carbonyl (C=O) groups is 1. The van der Waals surface area contributed by atoms with Crippen molar-refractivity contribution < 1.29 is 40.6 Å². The zero-order chi connectivity index (χ0) is 16.5. The first-order chi connectivity index (χ1) is 10.1. The van der Waals surface area contributed by atoms with Gasteiger partial charge in [-0.15, -0.1) is 13.2 Å². The molecule has 22 heavy (non-hydrogen) atoms. The molecule has 2 rings (SSSR count). The van der Waals surface area contributed by atoms with E-state index in [-0.39, 0.29) is 0 Å². The van der Waals surface area contributed by atoms with E-state index in [4.69, 9.17) is 20.2 Å². The number of hydrogen-bond donors (Lipinski definition) is 0. The maximum absolute atomic E-state index is 12.3. The highest BCUT2D eigenvalue weighted by Gasteiger charge is 2.36. The molecule has 1 fully saturated rings. The van der Waals surface area contributed by atoms with E-state index in [9.17, 15) is 26.4 Å². The van der Waals surface area contributed by atoms with E-state index >= 15 is 0 Å². The fraction of sp³-hybridized carbons (Fsp3) is 0.364. The Labute approximate surface area is 127 Å². The Hall–Kier alpha value is -1.52. The van der Waals surface area contributed by atoms with Gasteiger partial charge in [0.05, 0.1) is 12.2 Å². The summed E-state index contributed by atoms with van der Waals surface area (Å²) in [6.45, 7) is 0.357. The van der Waals surface area contributed by atoms with Crippen LogP contribution >= 0.6 is 10.7 Å². The van der Waals surface area contributed by atoms with Crippen LogP contribution in [0, 0.1) is 0 Å². The van der Waals surface area contributed by atoms with Gasteiger partial charge in [-0.2, -0.15) is 0 Å². The number of benzene rings is 1. The van der Waals surface area contributed by atoms with Crippen LogP contribution in [0.1, 0.15) is 16.8 Å². The fourth-order valence-corrected chi connectivity index (χ4v) is 2.86. The molecule has 0 N–H and O–H groups in total. The van der Waals surface area contributed by atoms with Gasteiger partial charge in [-0.05, 0) is 12.1 Å². The topological polar surface area (TPSA) is 78.9 Å².